The van der Waals surface area contributed by atoms with Crippen molar-refractivity contribution in [2.24, 2.45) is 0 Å². The summed E-state index contributed by atoms with van der Waals surface area (Å²) in [5, 5.41) is 10.4. The van der Waals surface area contributed by atoms with E-state index in [1.807, 2.05) is 80.6 Å². The number of sulfonamides is 1. The Balaban J connectivity index is 1.57. The van der Waals surface area contributed by atoms with E-state index in [4.69, 9.17) is 0 Å². The van der Waals surface area contributed by atoms with Gasteiger partial charge in [-0.1, -0.05) is 89.2 Å². The van der Waals surface area contributed by atoms with Crippen LogP contribution in [0.2, 0.25) is 0 Å². The highest BCUT2D eigenvalue weighted by Gasteiger charge is 2.26. The van der Waals surface area contributed by atoms with E-state index >= 15 is 0 Å². The highest BCUT2D eigenvalue weighted by molar-refractivity contribution is 7.91. The highest BCUT2D eigenvalue weighted by Crippen LogP contribution is 2.27. The molecule has 0 spiro atoms. The number of carbonyl (C=O) groups is 1. The average molecular weight is 479 g/mol. The molecule has 9 heteroatoms. The first-order chi connectivity index (χ1) is 15.8. The van der Waals surface area contributed by atoms with Crippen molar-refractivity contribution in [3.05, 3.63) is 107 Å². The van der Waals surface area contributed by atoms with Crippen LogP contribution >= 0.6 is 11.3 Å². The molecule has 0 aliphatic carbocycles. The van der Waals surface area contributed by atoms with Crippen LogP contribution in [0, 0.1) is 13.8 Å². The summed E-state index contributed by atoms with van der Waals surface area (Å²) >= 11 is 0.796. The van der Waals surface area contributed by atoms with Gasteiger partial charge in [0, 0.05) is 5.56 Å². The Morgan fingerprint density at radius 1 is 0.818 bits per heavy atom. The van der Waals surface area contributed by atoms with Gasteiger partial charge in [-0.3, -0.25) is 10.1 Å². The van der Waals surface area contributed by atoms with Crippen LogP contribution in [0.25, 0.3) is 0 Å². The van der Waals surface area contributed by atoms with Gasteiger partial charge >= 0.3 is 0 Å². The fourth-order valence-corrected chi connectivity index (χ4v) is 5.31. The van der Waals surface area contributed by atoms with E-state index < -0.39 is 16.1 Å². The number of rotatable bonds is 7. The van der Waals surface area contributed by atoms with Gasteiger partial charge in [-0.2, -0.15) is 4.72 Å². The number of hydrogen-bond acceptors (Lipinski definition) is 6. The Morgan fingerprint density at radius 2 is 1.39 bits per heavy atom. The lowest BCUT2D eigenvalue weighted by Gasteiger charge is -2.19. The monoisotopic (exact) mass is 478 g/mol. The Morgan fingerprint density at radius 3 is 2.03 bits per heavy atom. The molecule has 0 bridgehead atoms. The summed E-state index contributed by atoms with van der Waals surface area (Å²) in [7, 11) is -4.01. The number of aromatic nitrogens is 2. The predicted molar refractivity (Wildman–Crippen MR) is 129 cm³/mol. The van der Waals surface area contributed by atoms with Crippen molar-refractivity contribution in [1.82, 2.24) is 14.9 Å². The summed E-state index contributed by atoms with van der Waals surface area (Å²) in [4.78, 5) is 12.4. The number of amides is 1. The third-order valence-corrected chi connectivity index (χ3v) is 7.62. The molecule has 3 aromatic carbocycles. The Hall–Kier alpha value is -3.40. The molecule has 4 aromatic rings. The van der Waals surface area contributed by atoms with Crippen LogP contribution in [0.5, 0.6) is 0 Å². The molecule has 1 amide bonds. The second kappa shape index (κ2) is 9.62. The van der Waals surface area contributed by atoms with Crippen LogP contribution in [0.3, 0.4) is 0 Å². The van der Waals surface area contributed by atoms with Crippen LogP contribution < -0.4 is 10.0 Å². The van der Waals surface area contributed by atoms with Crippen LogP contribution in [-0.2, 0) is 10.0 Å². The number of carbonyl (C=O) groups excluding carboxylic acids is 1. The Labute approximate surface area is 196 Å². The van der Waals surface area contributed by atoms with Crippen molar-refractivity contribution in [2.75, 3.05) is 5.32 Å². The number of aryl methyl sites for hydroxylation is 2. The molecule has 0 unspecified atom stereocenters. The maximum absolute atomic E-state index is 13.1. The molecule has 1 heterocycles. The van der Waals surface area contributed by atoms with Crippen LogP contribution in [-0.4, -0.2) is 24.5 Å². The van der Waals surface area contributed by atoms with E-state index in [0.717, 1.165) is 33.6 Å². The molecule has 1 aromatic heterocycles. The summed E-state index contributed by atoms with van der Waals surface area (Å²) in [5.41, 5.74) is 4.15. The molecule has 1 atom stereocenters. The van der Waals surface area contributed by atoms with Crippen molar-refractivity contribution in [1.29, 1.82) is 0 Å². The smallest absolute Gasteiger partial charge is 0.270 e. The summed E-state index contributed by atoms with van der Waals surface area (Å²) in [5.74, 6) is -0.384. The topological polar surface area (TPSA) is 101 Å². The lowest BCUT2D eigenvalue weighted by molar-refractivity contribution is 0.102. The molecular formula is C24H22N4O3S2. The summed E-state index contributed by atoms with van der Waals surface area (Å²) in [6.07, 6.45) is 0. The number of anilines is 1. The summed E-state index contributed by atoms with van der Waals surface area (Å²) in [6.45, 7) is 3.90. The highest BCUT2D eigenvalue weighted by atomic mass is 32.2. The molecule has 0 radical (unpaired) electrons. The van der Waals surface area contributed by atoms with Gasteiger partial charge < -0.3 is 0 Å². The summed E-state index contributed by atoms with van der Waals surface area (Å²) in [6, 6.07) is 23.4. The predicted octanol–water partition coefficient (Wildman–Crippen LogP) is 4.48. The van der Waals surface area contributed by atoms with Crippen LogP contribution in [0.1, 0.15) is 38.7 Å². The van der Waals surface area contributed by atoms with E-state index in [2.05, 4.69) is 20.2 Å². The fourth-order valence-electron chi connectivity index (χ4n) is 3.18. The minimum Gasteiger partial charge on any atom is -0.296 e. The van der Waals surface area contributed by atoms with Gasteiger partial charge in [0.25, 0.3) is 15.9 Å². The Bertz CT molecular complexity index is 1350. The van der Waals surface area contributed by atoms with Crippen molar-refractivity contribution >= 4 is 32.4 Å². The molecule has 0 aliphatic rings. The van der Waals surface area contributed by atoms with Gasteiger partial charge in [-0.15, -0.1) is 10.2 Å². The van der Waals surface area contributed by atoms with Gasteiger partial charge in [0.2, 0.25) is 9.47 Å². The molecular weight excluding hydrogens is 456 g/mol. The van der Waals surface area contributed by atoms with Crippen molar-refractivity contribution in [3.8, 4) is 0 Å². The van der Waals surface area contributed by atoms with Gasteiger partial charge in [-0.05, 0) is 37.1 Å². The third-order valence-electron chi connectivity index (χ3n) is 4.99. The second-order valence-electron chi connectivity index (χ2n) is 7.57. The number of hydrogen-bond donors (Lipinski definition) is 2. The quantitative estimate of drug-likeness (QED) is 0.382. The standard InChI is InChI=1S/C24H22N4O3S2/c1-16-8-12-19(13-9-16)21(18-6-4-3-5-7-18)28-33(30,31)24-27-26-23(32-24)25-22(29)20-14-10-17(2)11-15-20/h3-15,21,28H,1-2H3,(H,25,26,29)/t21-/m1/s1. The number of nitrogens with zero attached hydrogens (tertiary/aromatic N) is 2. The molecule has 0 saturated heterocycles. The molecule has 7 nitrogen and oxygen atoms in total. The molecule has 0 aliphatic heterocycles. The van der Waals surface area contributed by atoms with Gasteiger partial charge in [0.05, 0.1) is 6.04 Å². The largest absolute Gasteiger partial charge is 0.296 e. The average Bonchev–Trinajstić information content (AvgIpc) is 3.29. The second-order valence-corrected chi connectivity index (χ2v) is 10.4. The lowest BCUT2D eigenvalue weighted by Crippen LogP contribution is -2.29. The number of nitrogens with one attached hydrogen (secondary N) is 2. The zero-order chi connectivity index (χ0) is 23.4. The molecule has 2 N–H and O–H groups in total. The number of benzene rings is 3. The fraction of sp³-hybridized carbons (Fsp3) is 0.125. The minimum absolute atomic E-state index is 0.104. The zero-order valence-corrected chi connectivity index (χ0v) is 19.7. The summed E-state index contributed by atoms with van der Waals surface area (Å²) < 4.78 is 28.8. The Kier molecular flexibility index (Phi) is 6.64. The van der Waals surface area contributed by atoms with E-state index in [9.17, 15) is 13.2 Å². The van der Waals surface area contributed by atoms with E-state index in [1.165, 1.54) is 0 Å². The molecule has 4 rings (SSSR count). The molecule has 168 valence electrons. The van der Waals surface area contributed by atoms with Crippen molar-refractivity contribution in [3.63, 3.8) is 0 Å². The maximum atomic E-state index is 13.1. The van der Waals surface area contributed by atoms with E-state index in [0.29, 0.717) is 5.56 Å². The third kappa shape index (κ3) is 5.51. The van der Waals surface area contributed by atoms with Crippen molar-refractivity contribution < 1.29 is 13.2 Å². The minimum atomic E-state index is -4.01. The van der Waals surface area contributed by atoms with Gasteiger partial charge in [0.1, 0.15) is 0 Å². The first kappa shape index (κ1) is 22.8. The molecule has 0 fully saturated rings. The van der Waals surface area contributed by atoms with Crippen LogP contribution in [0.4, 0.5) is 5.13 Å². The van der Waals surface area contributed by atoms with E-state index in [1.54, 1.807) is 12.1 Å². The van der Waals surface area contributed by atoms with Gasteiger partial charge in [0.15, 0.2) is 0 Å². The SMILES string of the molecule is Cc1ccc(C(=O)Nc2nnc(S(=O)(=O)N[C@H](c3ccccc3)c3ccc(C)cc3)s2)cc1. The first-order valence-electron chi connectivity index (χ1n) is 10.2. The maximum Gasteiger partial charge on any atom is 0.270 e. The van der Waals surface area contributed by atoms with Crippen molar-refractivity contribution in [2.45, 2.75) is 24.2 Å². The molecule has 33 heavy (non-hydrogen) atoms. The van der Waals surface area contributed by atoms with Gasteiger partial charge in [-0.25, -0.2) is 8.42 Å². The van der Waals surface area contributed by atoms with E-state index in [-0.39, 0.29) is 15.4 Å². The van der Waals surface area contributed by atoms with Crippen LogP contribution in [0.15, 0.2) is 83.2 Å². The lowest BCUT2D eigenvalue weighted by atomic mass is 9.99. The molecule has 0 saturated carbocycles. The zero-order valence-electron chi connectivity index (χ0n) is 18.0. The first-order valence-corrected chi connectivity index (χ1v) is 12.5. The normalized spacial score (nSPS) is 12.3.